The summed E-state index contributed by atoms with van der Waals surface area (Å²) >= 11 is 1.68. The summed E-state index contributed by atoms with van der Waals surface area (Å²) in [5.74, 6) is 1.47. The number of carbonyl (C=O) groups excluding carboxylic acids is 2. The lowest BCUT2D eigenvalue weighted by atomic mass is 9.95. The van der Waals surface area contributed by atoms with Gasteiger partial charge in [0.1, 0.15) is 6.61 Å². The number of aromatic hydroxyl groups is 1. The number of hydrogen-bond acceptors (Lipinski definition) is 6. The first-order valence-electron chi connectivity index (χ1n) is 8.46. The SMILES string of the molecule is CCOc1cc(C2NC(=O)NC(C)=C2C(=O)OCCSCC)ccc1O. The number of esters is 1. The molecule has 1 aliphatic heterocycles. The fourth-order valence-corrected chi connectivity index (χ4v) is 3.10. The largest absolute Gasteiger partial charge is 0.504 e. The third kappa shape index (κ3) is 4.85. The van der Waals surface area contributed by atoms with Crippen LogP contribution in [0.15, 0.2) is 29.5 Å². The fourth-order valence-electron chi connectivity index (χ4n) is 2.61. The Morgan fingerprint density at radius 2 is 2.12 bits per heavy atom. The Morgan fingerprint density at radius 1 is 1.35 bits per heavy atom. The first-order chi connectivity index (χ1) is 12.5. The topological polar surface area (TPSA) is 96.9 Å². The van der Waals surface area contributed by atoms with Gasteiger partial charge in [-0.05, 0) is 37.3 Å². The van der Waals surface area contributed by atoms with E-state index in [1.807, 2.05) is 6.92 Å². The van der Waals surface area contributed by atoms with E-state index in [1.165, 1.54) is 6.07 Å². The molecule has 26 heavy (non-hydrogen) atoms. The van der Waals surface area contributed by atoms with E-state index in [1.54, 1.807) is 37.7 Å². The predicted octanol–water partition coefficient (Wildman–Crippen LogP) is 2.72. The zero-order valence-electron chi connectivity index (χ0n) is 15.1. The van der Waals surface area contributed by atoms with Gasteiger partial charge in [0.15, 0.2) is 11.5 Å². The molecule has 1 atom stereocenters. The summed E-state index contributed by atoms with van der Waals surface area (Å²) in [5, 5.41) is 15.2. The number of allylic oxidation sites excluding steroid dienone is 1. The molecule has 0 saturated heterocycles. The normalized spacial score (nSPS) is 16.7. The van der Waals surface area contributed by atoms with Gasteiger partial charge >= 0.3 is 12.0 Å². The van der Waals surface area contributed by atoms with E-state index < -0.39 is 18.0 Å². The molecule has 1 unspecified atom stereocenters. The van der Waals surface area contributed by atoms with Gasteiger partial charge in [0, 0.05) is 11.4 Å². The molecule has 1 aromatic carbocycles. The summed E-state index contributed by atoms with van der Waals surface area (Å²) in [4.78, 5) is 24.5. The molecule has 1 aliphatic rings. The number of urea groups is 1. The number of hydrogen-bond donors (Lipinski definition) is 3. The Hall–Kier alpha value is -2.35. The van der Waals surface area contributed by atoms with Crippen molar-refractivity contribution in [3.63, 3.8) is 0 Å². The second kappa shape index (κ2) is 9.38. The monoisotopic (exact) mass is 380 g/mol. The van der Waals surface area contributed by atoms with Gasteiger partial charge in [0.05, 0.1) is 18.2 Å². The molecule has 2 amide bonds. The zero-order valence-corrected chi connectivity index (χ0v) is 15.9. The van der Waals surface area contributed by atoms with E-state index in [0.29, 0.717) is 41.5 Å². The van der Waals surface area contributed by atoms with Gasteiger partial charge in [-0.15, -0.1) is 0 Å². The number of thioether (sulfide) groups is 1. The highest BCUT2D eigenvalue weighted by molar-refractivity contribution is 7.99. The minimum atomic E-state index is -0.685. The smallest absolute Gasteiger partial charge is 0.338 e. The lowest BCUT2D eigenvalue weighted by molar-refractivity contribution is -0.138. The number of nitrogens with one attached hydrogen (secondary N) is 2. The summed E-state index contributed by atoms with van der Waals surface area (Å²) in [7, 11) is 0. The van der Waals surface area contributed by atoms with Crippen LogP contribution >= 0.6 is 11.8 Å². The Balaban J connectivity index is 2.29. The Kier molecular flexibility index (Phi) is 7.20. The van der Waals surface area contributed by atoms with Crippen molar-refractivity contribution < 1.29 is 24.2 Å². The third-order valence-corrected chi connectivity index (χ3v) is 4.63. The number of amides is 2. The number of rotatable bonds is 8. The van der Waals surface area contributed by atoms with Gasteiger partial charge in [-0.2, -0.15) is 11.8 Å². The number of ether oxygens (including phenoxy) is 2. The van der Waals surface area contributed by atoms with E-state index in [0.717, 1.165) is 5.75 Å². The highest BCUT2D eigenvalue weighted by Crippen LogP contribution is 2.34. The number of carbonyl (C=O) groups is 2. The van der Waals surface area contributed by atoms with Crippen molar-refractivity contribution in [2.75, 3.05) is 24.7 Å². The Labute approximate surface area is 157 Å². The lowest BCUT2D eigenvalue weighted by Crippen LogP contribution is -2.45. The van der Waals surface area contributed by atoms with Gasteiger partial charge in [0.2, 0.25) is 0 Å². The van der Waals surface area contributed by atoms with Crippen LogP contribution in [0.1, 0.15) is 32.4 Å². The van der Waals surface area contributed by atoms with Crippen molar-refractivity contribution in [2.24, 2.45) is 0 Å². The quantitative estimate of drug-likeness (QED) is 0.474. The molecule has 1 heterocycles. The maximum atomic E-state index is 12.6. The van der Waals surface area contributed by atoms with Gasteiger partial charge < -0.3 is 25.2 Å². The second-order valence-corrected chi connectivity index (χ2v) is 6.96. The Morgan fingerprint density at radius 3 is 2.81 bits per heavy atom. The van der Waals surface area contributed by atoms with Gasteiger partial charge in [-0.1, -0.05) is 13.0 Å². The molecule has 7 nitrogen and oxygen atoms in total. The van der Waals surface area contributed by atoms with Gasteiger partial charge in [0.25, 0.3) is 0 Å². The molecule has 1 aromatic rings. The van der Waals surface area contributed by atoms with E-state index in [-0.39, 0.29) is 5.75 Å². The van der Waals surface area contributed by atoms with Crippen LogP contribution in [0.25, 0.3) is 0 Å². The summed E-state index contributed by atoms with van der Waals surface area (Å²) in [6.07, 6.45) is 0. The van der Waals surface area contributed by atoms with Crippen LogP contribution in [0.4, 0.5) is 4.79 Å². The second-order valence-electron chi connectivity index (χ2n) is 5.56. The average molecular weight is 380 g/mol. The van der Waals surface area contributed by atoms with Gasteiger partial charge in [-0.3, -0.25) is 0 Å². The van der Waals surface area contributed by atoms with E-state index in [9.17, 15) is 14.7 Å². The van der Waals surface area contributed by atoms with Crippen molar-refractivity contribution in [1.82, 2.24) is 10.6 Å². The van der Waals surface area contributed by atoms with Crippen molar-refractivity contribution >= 4 is 23.8 Å². The minimum absolute atomic E-state index is 0.00252. The van der Waals surface area contributed by atoms with Crippen molar-refractivity contribution in [3.8, 4) is 11.5 Å². The summed E-state index contributed by atoms with van der Waals surface area (Å²) < 4.78 is 10.7. The highest BCUT2D eigenvalue weighted by Gasteiger charge is 2.32. The number of phenols is 1. The summed E-state index contributed by atoms with van der Waals surface area (Å²) in [6.45, 7) is 6.19. The molecule has 0 aliphatic carbocycles. The van der Waals surface area contributed by atoms with E-state index in [4.69, 9.17) is 9.47 Å². The van der Waals surface area contributed by atoms with Crippen LogP contribution in [0.2, 0.25) is 0 Å². The molecule has 0 spiro atoms. The third-order valence-electron chi connectivity index (χ3n) is 3.77. The van der Waals surface area contributed by atoms with E-state index in [2.05, 4.69) is 10.6 Å². The average Bonchev–Trinajstić information content (AvgIpc) is 2.60. The molecular weight excluding hydrogens is 356 g/mol. The zero-order chi connectivity index (χ0) is 19.1. The van der Waals surface area contributed by atoms with Crippen LogP contribution in [0.3, 0.4) is 0 Å². The molecule has 3 N–H and O–H groups in total. The number of benzene rings is 1. The van der Waals surface area contributed by atoms with Gasteiger partial charge in [-0.25, -0.2) is 9.59 Å². The standard InChI is InChI=1S/C18H24N2O5S/c1-4-24-14-10-12(6-7-13(14)21)16-15(11(3)19-18(23)20-16)17(22)25-8-9-26-5-2/h6-7,10,16,21H,4-5,8-9H2,1-3H3,(H2,19,20,23). The summed E-state index contributed by atoms with van der Waals surface area (Å²) in [6, 6.07) is 3.64. The molecule has 0 fully saturated rings. The molecule has 0 radical (unpaired) electrons. The molecule has 2 rings (SSSR count). The Bertz CT molecular complexity index is 705. The molecule has 0 aromatic heterocycles. The minimum Gasteiger partial charge on any atom is -0.504 e. The first kappa shape index (κ1) is 20.0. The van der Waals surface area contributed by atoms with Crippen LogP contribution < -0.4 is 15.4 Å². The van der Waals surface area contributed by atoms with Crippen LogP contribution in [-0.4, -0.2) is 41.8 Å². The molecule has 0 bridgehead atoms. The number of phenolic OH excluding ortho intramolecular Hbond substituents is 1. The molecule has 8 heteroatoms. The first-order valence-corrected chi connectivity index (χ1v) is 9.62. The maximum Gasteiger partial charge on any atom is 0.338 e. The molecule has 0 saturated carbocycles. The highest BCUT2D eigenvalue weighted by atomic mass is 32.2. The summed E-state index contributed by atoms with van der Waals surface area (Å²) in [5.41, 5.74) is 1.40. The molecular formula is C18H24N2O5S. The maximum absolute atomic E-state index is 12.6. The molecule has 142 valence electrons. The fraction of sp³-hybridized carbons (Fsp3) is 0.444. The van der Waals surface area contributed by atoms with Crippen molar-refractivity contribution in [1.29, 1.82) is 0 Å². The van der Waals surface area contributed by atoms with E-state index >= 15 is 0 Å². The lowest BCUT2D eigenvalue weighted by Gasteiger charge is -2.28. The van der Waals surface area contributed by atoms with Crippen molar-refractivity contribution in [2.45, 2.75) is 26.8 Å². The van der Waals surface area contributed by atoms with Crippen LogP contribution in [0.5, 0.6) is 11.5 Å². The van der Waals surface area contributed by atoms with Crippen molar-refractivity contribution in [3.05, 3.63) is 35.0 Å². The predicted molar refractivity (Wildman–Crippen MR) is 100 cm³/mol. The van der Waals surface area contributed by atoms with Crippen LogP contribution in [-0.2, 0) is 9.53 Å². The van der Waals surface area contributed by atoms with Crippen LogP contribution in [0, 0.1) is 0 Å².